The van der Waals surface area contributed by atoms with Crippen molar-refractivity contribution in [3.05, 3.63) is 46.0 Å². The number of hydrogen-bond donors (Lipinski definition) is 1. The molecule has 28 heavy (non-hydrogen) atoms. The molecule has 148 valence electrons. The van der Waals surface area contributed by atoms with Crippen LogP contribution in [0.2, 0.25) is 0 Å². The van der Waals surface area contributed by atoms with Gasteiger partial charge in [0.25, 0.3) is 0 Å². The fraction of sp³-hybridized carbons (Fsp3) is 0.400. The SMILES string of the molecule is C=C(Cl)c1c(N2CCN(C)CC2)c(F)cc2c(=O)c(C(=O)O)cn(C3CC3)c12. The normalized spacial score (nSPS) is 17.9. The van der Waals surface area contributed by atoms with Crippen LogP contribution in [0.4, 0.5) is 10.1 Å². The third-order valence-corrected chi connectivity index (χ3v) is 5.69. The highest BCUT2D eigenvalue weighted by atomic mass is 35.5. The second-order valence-electron chi connectivity index (χ2n) is 7.49. The van der Waals surface area contributed by atoms with Gasteiger partial charge in [0.2, 0.25) is 5.43 Å². The molecule has 8 heteroatoms. The molecule has 2 fully saturated rings. The molecule has 1 aliphatic carbocycles. The molecule has 1 aromatic carbocycles. The molecule has 2 aliphatic rings. The maximum absolute atomic E-state index is 15.2. The Morgan fingerprint density at radius 3 is 2.46 bits per heavy atom. The molecule has 0 bridgehead atoms. The number of piperazine rings is 1. The first-order chi connectivity index (χ1) is 13.3. The first-order valence-electron chi connectivity index (χ1n) is 9.22. The van der Waals surface area contributed by atoms with Crippen molar-refractivity contribution < 1.29 is 14.3 Å². The van der Waals surface area contributed by atoms with Crippen LogP contribution >= 0.6 is 11.6 Å². The van der Waals surface area contributed by atoms with E-state index in [2.05, 4.69) is 11.5 Å². The number of fused-ring (bicyclic) bond motifs is 1. The van der Waals surface area contributed by atoms with Crippen molar-refractivity contribution in [1.29, 1.82) is 0 Å². The number of halogens is 2. The minimum atomic E-state index is -1.32. The number of rotatable bonds is 4. The van der Waals surface area contributed by atoms with Gasteiger partial charge in [-0.15, -0.1) is 0 Å². The molecule has 2 heterocycles. The summed E-state index contributed by atoms with van der Waals surface area (Å²) >= 11 is 6.33. The van der Waals surface area contributed by atoms with Crippen molar-refractivity contribution in [2.45, 2.75) is 18.9 Å². The zero-order valence-corrected chi connectivity index (χ0v) is 16.3. The van der Waals surface area contributed by atoms with Crippen molar-refractivity contribution in [2.24, 2.45) is 0 Å². The average Bonchev–Trinajstić information content (AvgIpc) is 3.47. The zero-order chi connectivity index (χ0) is 20.2. The summed E-state index contributed by atoms with van der Waals surface area (Å²) in [5.74, 6) is -1.91. The van der Waals surface area contributed by atoms with E-state index in [4.69, 9.17) is 11.6 Å². The Bertz CT molecular complexity index is 1050. The van der Waals surface area contributed by atoms with Crippen LogP contribution in [-0.2, 0) is 0 Å². The number of hydrogen-bond acceptors (Lipinski definition) is 4. The number of carboxylic acids is 1. The van der Waals surface area contributed by atoms with Crippen LogP contribution in [-0.4, -0.2) is 53.8 Å². The average molecular weight is 406 g/mol. The number of nitrogens with zero attached hydrogens (tertiary/aromatic N) is 3. The second-order valence-corrected chi connectivity index (χ2v) is 7.95. The maximum Gasteiger partial charge on any atom is 0.341 e. The van der Waals surface area contributed by atoms with Gasteiger partial charge < -0.3 is 19.5 Å². The lowest BCUT2D eigenvalue weighted by molar-refractivity contribution is 0.0695. The highest BCUT2D eigenvalue weighted by molar-refractivity contribution is 6.50. The number of aromatic carboxylic acids is 1. The van der Waals surface area contributed by atoms with Gasteiger partial charge in [0.15, 0.2) is 0 Å². The van der Waals surface area contributed by atoms with E-state index in [0.717, 1.165) is 32.0 Å². The highest BCUT2D eigenvalue weighted by Crippen LogP contribution is 2.42. The Hall–Kier alpha value is -2.38. The number of carboxylic acid groups (broad SMARTS) is 1. The summed E-state index contributed by atoms with van der Waals surface area (Å²) in [5.41, 5.74) is 0.104. The summed E-state index contributed by atoms with van der Waals surface area (Å²) in [7, 11) is 2.01. The number of pyridine rings is 1. The van der Waals surface area contributed by atoms with E-state index < -0.39 is 17.2 Å². The quantitative estimate of drug-likeness (QED) is 0.846. The van der Waals surface area contributed by atoms with Crippen molar-refractivity contribution in [3.63, 3.8) is 0 Å². The smallest absolute Gasteiger partial charge is 0.341 e. The molecule has 1 N–H and O–H groups in total. The van der Waals surface area contributed by atoms with E-state index in [0.29, 0.717) is 29.9 Å². The van der Waals surface area contributed by atoms with E-state index in [1.807, 2.05) is 11.9 Å². The molecule has 0 spiro atoms. The molecular weight excluding hydrogens is 385 g/mol. The summed E-state index contributed by atoms with van der Waals surface area (Å²) in [6.45, 7) is 6.62. The Morgan fingerprint density at radius 2 is 1.93 bits per heavy atom. The molecular formula is C20H21ClFN3O3. The van der Waals surface area contributed by atoms with E-state index in [9.17, 15) is 14.7 Å². The number of carbonyl (C=O) groups is 1. The van der Waals surface area contributed by atoms with Crippen LogP contribution in [0.15, 0.2) is 23.6 Å². The van der Waals surface area contributed by atoms with E-state index >= 15 is 4.39 Å². The number of anilines is 1. The molecule has 0 amide bonds. The van der Waals surface area contributed by atoms with Gasteiger partial charge in [-0.1, -0.05) is 18.2 Å². The number of benzene rings is 1. The van der Waals surface area contributed by atoms with Gasteiger partial charge in [0.05, 0.1) is 16.6 Å². The van der Waals surface area contributed by atoms with Crippen LogP contribution in [0, 0.1) is 5.82 Å². The summed E-state index contributed by atoms with van der Waals surface area (Å²) in [4.78, 5) is 28.4. The summed E-state index contributed by atoms with van der Waals surface area (Å²) in [6, 6.07) is 1.22. The first kappa shape index (κ1) is 19.0. The monoisotopic (exact) mass is 405 g/mol. The van der Waals surface area contributed by atoms with Gasteiger partial charge in [-0.2, -0.15) is 0 Å². The fourth-order valence-electron chi connectivity index (χ4n) is 3.87. The number of aromatic nitrogens is 1. The maximum atomic E-state index is 15.2. The Labute approximate surface area is 166 Å². The van der Waals surface area contributed by atoms with Crippen LogP contribution in [0.1, 0.15) is 34.8 Å². The molecule has 1 saturated carbocycles. The van der Waals surface area contributed by atoms with Gasteiger partial charge in [-0.25, -0.2) is 9.18 Å². The third kappa shape index (κ3) is 3.08. The predicted octanol–water partition coefficient (Wildman–Crippen LogP) is 3.14. The van der Waals surface area contributed by atoms with Crippen LogP contribution in [0.25, 0.3) is 15.9 Å². The van der Waals surface area contributed by atoms with E-state index in [-0.39, 0.29) is 22.0 Å². The van der Waals surface area contributed by atoms with Crippen LogP contribution in [0.3, 0.4) is 0 Å². The topological polar surface area (TPSA) is 65.8 Å². The van der Waals surface area contributed by atoms with Gasteiger partial charge in [0.1, 0.15) is 11.4 Å². The lowest BCUT2D eigenvalue weighted by Crippen LogP contribution is -2.45. The van der Waals surface area contributed by atoms with Crippen molar-refractivity contribution in [3.8, 4) is 0 Å². The Kier molecular flexibility index (Phi) is 4.67. The van der Waals surface area contributed by atoms with Crippen molar-refractivity contribution in [2.75, 3.05) is 38.1 Å². The fourth-order valence-corrected chi connectivity index (χ4v) is 4.05. The lowest BCUT2D eigenvalue weighted by Gasteiger charge is -2.35. The standard InChI is InChI=1S/C20H21ClFN3O3/c1-11(21)16-17-13(9-15(22)18(16)24-7-5-23(2)6-8-24)19(26)14(20(27)28)10-25(17)12-3-4-12/h9-10,12H,1,3-8H2,2H3,(H,27,28). The van der Waals surface area contributed by atoms with Gasteiger partial charge in [-0.3, -0.25) is 4.79 Å². The second kappa shape index (κ2) is 6.90. The molecule has 1 aromatic heterocycles. The molecule has 0 unspecified atom stereocenters. The molecule has 0 radical (unpaired) electrons. The summed E-state index contributed by atoms with van der Waals surface area (Å²) < 4.78 is 17.0. The lowest BCUT2D eigenvalue weighted by atomic mass is 10.0. The van der Waals surface area contributed by atoms with Gasteiger partial charge in [-0.05, 0) is 26.0 Å². The molecule has 2 aromatic rings. The Morgan fingerprint density at radius 1 is 1.29 bits per heavy atom. The van der Waals surface area contributed by atoms with Gasteiger partial charge in [0, 0.05) is 49.0 Å². The first-order valence-corrected chi connectivity index (χ1v) is 9.60. The van der Waals surface area contributed by atoms with Crippen LogP contribution in [0.5, 0.6) is 0 Å². The molecule has 6 nitrogen and oxygen atoms in total. The largest absolute Gasteiger partial charge is 0.477 e. The van der Waals surface area contributed by atoms with Crippen molar-refractivity contribution in [1.82, 2.24) is 9.47 Å². The van der Waals surface area contributed by atoms with E-state index in [1.165, 1.54) is 6.20 Å². The highest BCUT2D eigenvalue weighted by Gasteiger charge is 2.31. The Balaban J connectivity index is 2.06. The van der Waals surface area contributed by atoms with Crippen LogP contribution < -0.4 is 10.3 Å². The minimum absolute atomic E-state index is 0.0268. The van der Waals surface area contributed by atoms with Crippen molar-refractivity contribution >= 4 is 39.2 Å². The third-order valence-electron chi connectivity index (χ3n) is 5.50. The molecule has 0 atom stereocenters. The minimum Gasteiger partial charge on any atom is -0.477 e. The molecule has 1 saturated heterocycles. The van der Waals surface area contributed by atoms with Gasteiger partial charge >= 0.3 is 5.97 Å². The zero-order valence-electron chi connectivity index (χ0n) is 15.5. The molecule has 4 rings (SSSR count). The number of likely N-dealkylation sites (N-methyl/N-ethyl adjacent to an activating group) is 1. The van der Waals surface area contributed by atoms with E-state index in [1.54, 1.807) is 4.57 Å². The summed E-state index contributed by atoms with van der Waals surface area (Å²) in [6.07, 6.45) is 3.10. The molecule has 1 aliphatic heterocycles. The summed E-state index contributed by atoms with van der Waals surface area (Å²) in [5, 5.41) is 9.58. The predicted molar refractivity (Wildman–Crippen MR) is 108 cm³/mol.